The van der Waals surface area contributed by atoms with Crippen LogP contribution < -0.4 is 4.74 Å². The first-order chi connectivity index (χ1) is 17.7. The largest absolute Gasteiger partial charge is 0.483 e. The molecule has 0 spiro atoms. The van der Waals surface area contributed by atoms with E-state index in [0.29, 0.717) is 32.4 Å². The van der Waals surface area contributed by atoms with E-state index in [1.165, 1.54) is 4.90 Å². The minimum atomic E-state index is -0.582. The third-order valence-electron chi connectivity index (χ3n) is 6.93. The molecule has 1 aliphatic heterocycles. The summed E-state index contributed by atoms with van der Waals surface area (Å²) in [4.78, 5) is 43.8. The number of para-hydroxylation sites is 1. The van der Waals surface area contributed by atoms with Crippen molar-refractivity contribution in [2.75, 3.05) is 40.8 Å². The van der Waals surface area contributed by atoms with Crippen LogP contribution in [0.4, 0.5) is 0 Å². The molecule has 2 aromatic rings. The summed E-state index contributed by atoms with van der Waals surface area (Å²) >= 11 is 0. The lowest BCUT2D eigenvalue weighted by molar-refractivity contribution is -0.145. The van der Waals surface area contributed by atoms with E-state index in [1.54, 1.807) is 37.0 Å². The van der Waals surface area contributed by atoms with Crippen LogP contribution in [-0.2, 0) is 16.0 Å². The maximum absolute atomic E-state index is 13.3. The highest BCUT2D eigenvalue weighted by Crippen LogP contribution is 2.22. The lowest BCUT2D eigenvalue weighted by atomic mass is 10.1. The summed E-state index contributed by atoms with van der Waals surface area (Å²) in [6.07, 6.45) is 4.50. The van der Waals surface area contributed by atoms with Gasteiger partial charge >= 0.3 is 0 Å². The first-order valence-corrected chi connectivity index (χ1v) is 13.1. The van der Waals surface area contributed by atoms with Gasteiger partial charge in [-0.3, -0.25) is 14.4 Å². The van der Waals surface area contributed by atoms with Crippen molar-refractivity contribution in [3.63, 3.8) is 0 Å². The fourth-order valence-electron chi connectivity index (χ4n) is 4.42. The highest BCUT2D eigenvalue weighted by Gasteiger charge is 2.29. The van der Waals surface area contributed by atoms with Gasteiger partial charge in [-0.1, -0.05) is 37.2 Å². The normalized spacial score (nSPS) is 17.5. The van der Waals surface area contributed by atoms with Gasteiger partial charge in [-0.25, -0.2) is 0 Å². The van der Waals surface area contributed by atoms with Crippen LogP contribution in [0.25, 0.3) is 0 Å². The molecular weight excluding hydrogens is 472 g/mol. The molecule has 0 saturated carbocycles. The highest BCUT2D eigenvalue weighted by molar-refractivity contribution is 5.91. The monoisotopic (exact) mass is 512 g/mol. The Morgan fingerprint density at radius 3 is 2.65 bits per heavy atom. The van der Waals surface area contributed by atoms with Crippen LogP contribution in [0, 0.1) is 0 Å². The van der Waals surface area contributed by atoms with Crippen LogP contribution in [-0.4, -0.2) is 84.5 Å². The average molecular weight is 513 g/mol. The Kier molecular flexibility index (Phi) is 10.1. The molecule has 9 heteroatoms. The van der Waals surface area contributed by atoms with E-state index in [1.807, 2.05) is 38.1 Å². The minimum Gasteiger partial charge on any atom is -0.483 e. The topological polar surface area (TPSA) is 96.2 Å². The van der Waals surface area contributed by atoms with Crippen molar-refractivity contribution in [1.82, 2.24) is 19.9 Å². The van der Waals surface area contributed by atoms with Crippen molar-refractivity contribution in [3.05, 3.63) is 47.3 Å². The summed E-state index contributed by atoms with van der Waals surface area (Å²) in [5.74, 6) is 0.604. The van der Waals surface area contributed by atoms with Gasteiger partial charge in [0.15, 0.2) is 6.61 Å². The van der Waals surface area contributed by atoms with E-state index in [0.717, 1.165) is 36.3 Å². The zero-order chi connectivity index (χ0) is 26.9. The van der Waals surface area contributed by atoms with Gasteiger partial charge in [0.05, 0.1) is 5.69 Å². The predicted molar refractivity (Wildman–Crippen MR) is 140 cm³/mol. The summed E-state index contributed by atoms with van der Waals surface area (Å²) in [6, 6.07) is 8.89. The van der Waals surface area contributed by atoms with E-state index in [-0.39, 0.29) is 36.0 Å². The Morgan fingerprint density at radius 2 is 1.92 bits per heavy atom. The lowest BCUT2D eigenvalue weighted by Gasteiger charge is -2.31. The van der Waals surface area contributed by atoms with Gasteiger partial charge in [-0.05, 0) is 56.1 Å². The first-order valence-electron chi connectivity index (χ1n) is 13.1. The number of ether oxygens (including phenoxy) is 1. The van der Waals surface area contributed by atoms with Crippen molar-refractivity contribution >= 4 is 17.7 Å². The van der Waals surface area contributed by atoms with Crippen molar-refractivity contribution in [1.29, 1.82) is 0 Å². The first kappa shape index (κ1) is 28.2. The molecule has 2 heterocycles. The van der Waals surface area contributed by atoms with Crippen LogP contribution in [0.5, 0.6) is 5.75 Å². The number of likely N-dealkylation sites (N-methyl/N-ethyl adjacent to an activating group) is 2. The second kappa shape index (κ2) is 13.3. The molecule has 0 fully saturated rings. The number of amides is 3. The molecule has 9 nitrogen and oxygen atoms in total. The quantitative estimate of drug-likeness (QED) is 0.525. The smallest absolute Gasteiger partial charge is 0.292 e. The molecule has 1 aliphatic rings. The second-order valence-electron chi connectivity index (χ2n) is 10.1. The van der Waals surface area contributed by atoms with E-state index in [4.69, 9.17) is 9.26 Å². The number of benzene rings is 1. The third-order valence-corrected chi connectivity index (χ3v) is 6.93. The Labute approximate surface area is 219 Å². The molecule has 202 valence electrons. The standard InChI is InChI=1S/C28H40N4O5/c1-20(2)22-18-25(37-29-22)28(35)31(4)17-11-9-14-23-27(34)30(3)16-10-8-13-21-12-6-7-15-24(21)36-19-26(33)32(23)5/h6-7,12,15,18,20,23H,8-11,13-14,16-17,19H2,1-5H3/t23-/m0/s1. The molecule has 0 bridgehead atoms. The van der Waals surface area contributed by atoms with E-state index >= 15 is 0 Å². The Hall–Kier alpha value is -3.36. The van der Waals surface area contributed by atoms with Gasteiger partial charge in [-0.2, -0.15) is 0 Å². The van der Waals surface area contributed by atoms with Crippen LogP contribution in [0.3, 0.4) is 0 Å². The van der Waals surface area contributed by atoms with Gasteiger partial charge in [0.2, 0.25) is 11.7 Å². The summed E-state index contributed by atoms with van der Waals surface area (Å²) in [6.45, 7) is 5.00. The van der Waals surface area contributed by atoms with Gasteiger partial charge in [0, 0.05) is 40.3 Å². The number of aryl methyl sites for hydroxylation is 1. The number of carbonyl (C=O) groups excluding carboxylic acids is 3. The molecule has 0 N–H and O–H groups in total. The van der Waals surface area contributed by atoms with Gasteiger partial charge in [-0.15, -0.1) is 0 Å². The zero-order valence-electron chi connectivity index (χ0n) is 22.7. The molecule has 3 amide bonds. The Bertz CT molecular complexity index is 1070. The summed E-state index contributed by atoms with van der Waals surface area (Å²) in [5, 5.41) is 3.96. The molecule has 1 atom stereocenters. The number of hydrogen-bond donors (Lipinski definition) is 0. The van der Waals surface area contributed by atoms with Crippen molar-refractivity contribution < 1.29 is 23.6 Å². The van der Waals surface area contributed by atoms with Gasteiger partial charge in [0.1, 0.15) is 11.8 Å². The van der Waals surface area contributed by atoms with Crippen LogP contribution in [0.1, 0.15) is 73.7 Å². The van der Waals surface area contributed by atoms with Crippen molar-refractivity contribution in [3.8, 4) is 5.75 Å². The van der Waals surface area contributed by atoms with E-state index in [2.05, 4.69) is 5.16 Å². The number of rotatable bonds is 7. The van der Waals surface area contributed by atoms with Crippen LogP contribution >= 0.6 is 0 Å². The predicted octanol–water partition coefficient (Wildman–Crippen LogP) is 3.74. The van der Waals surface area contributed by atoms with Crippen LogP contribution in [0.15, 0.2) is 34.9 Å². The number of carbonyl (C=O) groups is 3. The summed E-state index contributed by atoms with van der Waals surface area (Å²) in [7, 11) is 5.19. The molecule has 37 heavy (non-hydrogen) atoms. The molecule has 0 aliphatic carbocycles. The number of nitrogens with zero attached hydrogens (tertiary/aromatic N) is 4. The van der Waals surface area contributed by atoms with Crippen molar-refractivity contribution in [2.45, 2.75) is 64.3 Å². The molecule has 1 aromatic heterocycles. The molecule has 0 unspecified atom stereocenters. The van der Waals surface area contributed by atoms with Gasteiger partial charge < -0.3 is 24.0 Å². The van der Waals surface area contributed by atoms with Crippen LogP contribution in [0.2, 0.25) is 0 Å². The highest BCUT2D eigenvalue weighted by atomic mass is 16.5. The second-order valence-corrected chi connectivity index (χ2v) is 10.1. The fourth-order valence-corrected chi connectivity index (χ4v) is 4.42. The Morgan fingerprint density at radius 1 is 1.16 bits per heavy atom. The average Bonchev–Trinajstić information content (AvgIpc) is 3.39. The summed E-state index contributed by atoms with van der Waals surface area (Å²) in [5.41, 5.74) is 1.82. The lowest BCUT2D eigenvalue weighted by Crippen LogP contribution is -2.49. The number of aromatic nitrogens is 1. The third kappa shape index (κ3) is 7.57. The molecule has 3 rings (SSSR count). The number of fused-ring (bicyclic) bond motifs is 1. The fraction of sp³-hybridized carbons (Fsp3) is 0.571. The summed E-state index contributed by atoms with van der Waals surface area (Å²) < 4.78 is 11.1. The maximum atomic E-state index is 13.3. The SMILES string of the molecule is CC(C)c1cc(C(=O)N(C)CCCC[C@H]2C(=O)N(C)CCCCc3ccccc3OCC(=O)N2C)on1. The molecular formula is C28H40N4O5. The number of hydrogen-bond acceptors (Lipinski definition) is 6. The maximum Gasteiger partial charge on any atom is 0.292 e. The number of unbranched alkanes of at least 4 members (excludes halogenated alkanes) is 1. The van der Waals surface area contributed by atoms with E-state index in [9.17, 15) is 14.4 Å². The zero-order valence-corrected chi connectivity index (χ0v) is 22.7. The molecule has 0 radical (unpaired) electrons. The molecule has 0 saturated heterocycles. The molecule has 1 aromatic carbocycles. The van der Waals surface area contributed by atoms with E-state index < -0.39 is 6.04 Å². The minimum absolute atomic E-state index is 0.0695. The van der Waals surface area contributed by atoms with Crippen molar-refractivity contribution in [2.24, 2.45) is 0 Å². The van der Waals surface area contributed by atoms with Gasteiger partial charge in [0.25, 0.3) is 11.8 Å². The Balaban J connectivity index is 1.59.